The van der Waals surface area contributed by atoms with Gasteiger partial charge in [0.1, 0.15) is 18.3 Å². The summed E-state index contributed by atoms with van der Waals surface area (Å²) in [6.07, 6.45) is 1.63. The third-order valence-electron chi connectivity index (χ3n) is 6.45. The number of sulfonamides is 1. The Kier molecular flexibility index (Phi) is 11.4. The number of hydrogen-bond acceptors (Lipinski definition) is 5. The van der Waals surface area contributed by atoms with Gasteiger partial charge in [-0.3, -0.25) is 13.9 Å². The highest BCUT2D eigenvalue weighted by molar-refractivity contribution is 7.92. The molecule has 0 spiro atoms. The predicted octanol–water partition coefficient (Wildman–Crippen LogP) is 4.92. The zero-order chi connectivity index (χ0) is 29.1. The minimum absolute atomic E-state index is 0.0262. The Morgan fingerprint density at radius 1 is 0.975 bits per heavy atom. The average Bonchev–Trinajstić information content (AvgIpc) is 2.97. The van der Waals surface area contributed by atoms with Gasteiger partial charge in [0.15, 0.2) is 0 Å². The van der Waals surface area contributed by atoms with Crippen LogP contribution in [-0.4, -0.2) is 57.9 Å². The zero-order valence-electron chi connectivity index (χ0n) is 23.0. The molecule has 3 aromatic rings. The van der Waals surface area contributed by atoms with E-state index in [9.17, 15) is 18.0 Å². The lowest BCUT2D eigenvalue weighted by Gasteiger charge is -2.33. The van der Waals surface area contributed by atoms with Gasteiger partial charge >= 0.3 is 0 Å². The lowest BCUT2D eigenvalue weighted by molar-refractivity contribution is -0.139. The van der Waals surface area contributed by atoms with Crippen molar-refractivity contribution in [2.24, 2.45) is 0 Å². The molecule has 0 aromatic heterocycles. The molecule has 0 saturated heterocycles. The number of anilines is 1. The number of rotatable bonds is 14. The molecule has 3 rings (SSSR count). The van der Waals surface area contributed by atoms with E-state index in [1.165, 1.54) is 36.3 Å². The van der Waals surface area contributed by atoms with Crippen molar-refractivity contribution in [3.63, 3.8) is 0 Å². The molecule has 0 aliphatic rings. The maximum atomic E-state index is 14.0. The molecule has 1 atom stereocenters. The van der Waals surface area contributed by atoms with Crippen LogP contribution in [-0.2, 0) is 26.0 Å². The average molecular weight is 586 g/mol. The molecular weight excluding hydrogens is 550 g/mol. The molecule has 0 saturated carbocycles. The number of carbonyl (C=O) groups excluding carboxylic acids is 2. The summed E-state index contributed by atoms with van der Waals surface area (Å²) >= 11 is 6.35. The molecule has 214 valence electrons. The molecule has 10 heteroatoms. The quantitative estimate of drug-likeness (QED) is 0.290. The number of benzene rings is 3. The number of amides is 2. The molecule has 40 heavy (non-hydrogen) atoms. The van der Waals surface area contributed by atoms with Crippen molar-refractivity contribution in [1.29, 1.82) is 0 Å². The summed E-state index contributed by atoms with van der Waals surface area (Å²) in [5, 5.41) is 3.08. The second-order valence-corrected chi connectivity index (χ2v) is 11.5. The highest BCUT2D eigenvalue weighted by Gasteiger charge is 2.33. The topological polar surface area (TPSA) is 96.0 Å². The molecule has 0 radical (unpaired) electrons. The first-order valence-corrected chi connectivity index (χ1v) is 15.1. The summed E-state index contributed by atoms with van der Waals surface area (Å²) in [7, 11) is -2.71. The fourth-order valence-electron chi connectivity index (χ4n) is 4.32. The smallest absolute Gasteiger partial charge is 0.264 e. The van der Waals surface area contributed by atoms with Crippen LogP contribution < -0.4 is 14.4 Å². The van der Waals surface area contributed by atoms with E-state index >= 15 is 0 Å². The summed E-state index contributed by atoms with van der Waals surface area (Å²) in [6.45, 7) is 3.98. The lowest BCUT2D eigenvalue weighted by atomic mass is 10.1. The monoisotopic (exact) mass is 585 g/mol. The second kappa shape index (κ2) is 14.7. The molecule has 1 N–H and O–H groups in total. The Hall–Kier alpha value is -3.56. The van der Waals surface area contributed by atoms with Gasteiger partial charge in [-0.25, -0.2) is 8.42 Å². The van der Waals surface area contributed by atoms with E-state index in [0.717, 1.165) is 16.3 Å². The van der Waals surface area contributed by atoms with E-state index in [4.69, 9.17) is 16.3 Å². The van der Waals surface area contributed by atoms with Crippen LogP contribution >= 0.6 is 11.6 Å². The van der Waals surface area contributed by atoms with E-state index in [2.05, 4.69) is 5.32 Å². The lowest BCUT2D eigenvalue weighted by Crippen LogP contribution is -2.53. The number of methoxy groups -OCH3 is 1. The Morgan fingerprint density at radius 3 is 2.20 bits per heavy atom. The standard InChI is InChI=1S/C30H36ClN3O5S/c1-4-19-32-30(36)27(5-2)33(20-18-23-12-8-6-9-13-23)29(35)22-34(24-16-17-28(39-3)26(31)21-24)40(37,38)25-14-10-7-11-15-25/h6-17,21,27H,4-5,18-20,22H2,1-3H3,(H,32,36)/t27-/m1/s1. The van der Waals surface area contributed by atoms with Crippen molar-refractivity contribution < 1.29 is 22.7 Å². The van der Waals surface area contributed by atoms with Crippen LogP contribution in [0, 0.1) is 0 Å². The van der Waals surface area contributed by atoms with Crippen LogP contribution in [0.4, 0.5) is 5.69 Å². The molecule has 0 bridgehead atoms. The van der Waals surface area contributed by atoms with Gasteiger partial charge in [0.2, 0.25) is 11.8 Å². The van der Waals surface area contributed by atoms with Gasteiger partial charge in [0.05, 0.1) is 22.7 Å². The molecule has 2 amide bonds. The molecule has 0 fully saturated rings. The van der Waals surface area contributed by atoms with Crippen molar-refractivity contribution in [3.8, 4) is 5.75 Å². The van der Waals surface area contributed by atoms with E-state index < -0.39 is 28.5 Å². The molecule has 0 aliphatic carbocycles. The summed E-state index contributed by atoms with van der Waals surface area (Å²) in [5.41, 5.74) is 1.20. The number of carbonyl (C=O) groups is 2. The predicted molar refractivity (Wildman–Crippen MR) is 158 cm³/mol. The zero-order valence-corrected chi connectivity index (χ0v) is 24.6. The highest BCUT2D eigenvalue weighted by Crippen LogP contribution is 2.32. The second-order valence-electron chi connectivity index (χ2n) is 9.18. The molecular formula is C30H36ClN3O5S. The van der Waals surface area contributed by atoms with Crippen molar-refractivity contribution in [1.82, 2.24) is 10.2 Å². The van der Waals surface area contributed by atoms with Gasteiger partial charge in [-0.05, 0) is 55.2 Å². The fourth-order valence-corrected chi connectivity index (χ4v) is 6.00. The summed E-state index contributed by atoms with van der Waals surface area (Å²) < 4.78 is 34.0. The maximum Gasteiger partial charge on any atom is 0.264 e. The van der Waals surface area contributed by atoms with Gasteiger partial charge in [0.25, 0.3) is 10.0 Å². The highest BCUT2D eigenvalue weighted by atomic mass is 35.5. The van der Waals surface area contributed by atoms with Crippen LogP contribution in [0.3, 0.4) is 0 Å². The first kappa shape index (κ1) is 31.0. The number of nitrogens with one attached hydrogen (secondary N) is 1. The molecule has 3 aromatic carbocycles. The van der Waals surface area contributed by atoms with Crippen LogP contribution in [0.1, 0.15) is 32.3 Å². The number of nitrogens with zero attached hydrogens (tertiary/aromatic N) is 2. The van der Waals surface area contributed by atoms with Crippen molar-refractivity contribution in [3.05, 3.63) is 89.4 Å². The summed E-state index contributed by atoms with van der Waals surface area (Å²) in [6, 6.07) is 21.3. The Morgan fingerprint density at radius 2 is 1.62 bits per heavy atom. The minimum atomic E-state index is -4.17. The molecule has 8 nitrogen and oxygen atoms in total. The van der Waals surface area contributed by atoms with Crippen LogP contribution in [0.25, 0.3) is 0 Å². The first-order valence-electron chi connectivity index (χ1n) is 13.2. The Bertz CT molecular complexity index is 1370. The van der Waals surface area contributed by atoms with Crippen molar-refractivity contribution >= 4 is 39.1 Å². The van der Waals surface area contributed by atoms with Crippen LogP contribution in [0.5, 0.6) is 5.75 Å². The number of ether oxygens (including phenoxy) is 1. The third kappa shape index (κ3) is 7.76. The Labute approximate surface area is 241 Å². The van der Waals surface area contributed by atoms with Gasteiger partial charge in [-0.1, -0.05) is 74.0 Å². The SMILES string of the molecule is CCCNC(=O)[C@@H](CC)N(CCc1ccccc1)C(=O)CN(c1ccc(OC)c(Cl)c1)S(=O)(=O)c1ccccc1. The van der Waals surface area contributed by atoms with Gasteiger partial charge in [-0.15, -0.1) is 0 Å². The molecule has 0 heterocycles. The van der Waals surface area contributed by atoms with E-state index in [0.29, 0.717) is 25.1 Å². The van der Waals surface area contributed by atoms with Gasteiger partial charge in [-0.2, -0.15) is 0 Å². The van der Waals surface area contributed by atoms with E-state index in [-0.39, 0.29) is 28.1 Å². The minimum Gasteiger partial charge on any atom is -0.495 e. The summed E-state index contributed by atoms with van der Waals surface area (Å²) in [4.78, 5) is 28.6. The van der Waals surface area contributed by atoms with Crippen LogP contribution in [0.15, 0.2) is 83.8 Å². The number of halogens is 1. The van der Waals surface area contributed by atoms with Crippen molar-refractivity contribution in [2.45, 2.75) is 44.0 Å². The van der Waals surface area contributed by atoms with E-state index in [1.807, 2.05) is 44.2 Å². The van der Waals surface area contributed by atoms with Gasteiger partial charge < -0.3 is 15.0 Å². The first-order chi connectivity index (χ1) is 19.2. The van der Waals surface area contributed by atoms with Crippen molar-refractivity contribution in [2.75, 3.05) is 31.0 Å². The van der Waals surface area contributed by atoms with Gasteiger partial charge in [0, 0.05) is 13.1 Å². The Balaban J connectivity index is 2.02. The molecule has 0 aliphatic heterocycles. The molecule has 0 unspecified atom stereocenters. The summed E-state index contributed by atoms with van der Waals surface area (Å²) in [5.74, 6) is -0.395. The number of hydrogen-bond donors (Lipinski definition) is 1. The largest absolute Gasteiger partial charge is 0.495 e. The third-order valence-corrected chi connectivity index (χ3v) is 8.54. The van der Waals surface area contributed by atoms with E-state index in [1.54, 1.807) is 24.3 Å². The maximum absolute atomic E-state index is 14.0. The van der Waals surface area contributed by atoms with Crippen LogP contribution in [0.2, 0.25) is 5.02 Å². The fraction of sp³-hybridized carbons (Fsp3) is 0.333. The normalized spacial score (nSPS) is 11.9.